The topological polar surface area (TPSA) is 57.2 Å². The van der Waals surface area contributed by atoms with Gasteiger partial charge in [0.25, 0.3) is 0 Å². The predicted molar refractivity (Wildman–Crippen MR) is 65.1 cm³/mol. The van der Waals surface area contributed by atoms with E-state index in [1.165, 1.54) is 6.07 Å². The van der Waals surface area contributed by atoms with Gasteiger partial charge in [-0.2, -0.15) is 0 Å². The maximum absolute atomic E-state index is 11.1. The smallest absolute Gasteiger partial charge is 0.744 e. The molecule has 90 valence electrons. The van der Waals surface area contributed by atoms with Crippen molar-refractivity contribution in [2.24, 2.45) is 0 Å². The van der Waals surface area contributed by atoms with Crippen LogP contribution in [0.25, 0.3) is 11.1 Å². The number of fused-ring (bicyclic) bond motifs is 1. The first kappa shape index (κ1) is 15.7. The summed E-state index contributed by atoms with van der Waals surface area (Å²) in [5.74, 6) is 0.280. The molecule has 0 unspecified atom stereocenters. The Bertz CT molecular complexity index is 620. The van der Waals surface area contributed by atoms with E-state index in [-0.39, 0.29) is 40.4 Å². The van der Waals surface area contributed by atoms with Crippen LogP contribution in [-0.2, 0) is 10.1 Å². The molecule has 0 heterocycles. The first-order chi connectivity index (χ1) is 7.89. The summed E-state index contributed by atoms with van der Waals surface area (Å²) in [5.41, 5.74) is 2.29. The van der Waals surface area contributed by atoms with E-state index >= 15 is 0 Å². The van der Waals surface area contributed by atoms with Crippen LogP contribution in [0.15, 0.2) is 41.3 Å². The number of rotatable bonds is 2. The Hall–Kier alpha value is -0.390. The summed E-state index contributed by atoms with van der Waals surface area (Å²) in [7, 11) is -4.41. The largest absolute Gasteiger partial charge is 1.00 e. The van der Waals surface area contributed by atoms with Crippen molar-refractivity contribution in [3.63, 3.8) is 0 Å². The van der Waals surface area contributed by atoms with Crippen molar-refractivity contribution in [1.82, 2.24) is 0 Å². The molecule has 5 heteroatoms. The van der Waals surface area contributed by atoms with Gasteiger partial charge in [-0.15, -0.1) is 0 Å². The molecule has 0 aromatic carbocycles. The van der Waals surface area contributed by atoms with Crippen LogP contribution in [0.4, 0.5) is 0 Å². The standard InChI is InChI=1S/C13H14O3S.Na/c1-9(2)11-5-3-4-10-6-7-13(12(10)8-11)17(14,15)16;/h3-9H,1-2H3,(H,14,15,16);/q;+1/p-1. The minimum absolute atomic E-state index is 0. The molecule has 0 spiro atoms. The molecule has 0 aromatic heterocycles. The summed E-state index contributed by atoms with van der Waals surface area (Å²) in [5, 5.41) is 0. The molecule has 0 bridgehead atoms. The van der Waals surface area contributed by atoms with Crippen LogP contribution >= 0.6 is 0 Å². The van der Waals surface area contributed by atoms with Crippen LogP contribution in [0.2, 0.25) is 0 Å². The predicted octanol–water partition coefficient (Wildman–Crippen LogP) is -0.177. The van der Waals surface area contributed by atoms with Crippen molar-refractivity contribution in [1.29, 1.82) is 0 Å². The van der Waals surface area contributed by atoms with Crippen LogP contribution in [0.3, 0.4) is 0 Å². The molecule has 0 atom stereocenters. The van der Waals surface area contributed by atoms with Crippen LogP contribution in [0, 0.1) is 0 Å². The van der Waals surface area contributed by atoms with Crippen molar-refractivity contribution in [3.05, 3.63) is 42.0 Å². The molecular formula is C13H13NaO3S. The van der Waals surface area contributed by atoms with Gasteiger partial charge in [0.15, 0.2) is 0 Å². The molecule has 3 nitrogen and oxygen atoms in total. The second-order valence-corrected chi connectivity index (χ2v) is 5.69. The molecule has 0 aliphatic heterocycles. The van der Waals surface area contributed by atoms with E-state index in [2.05, 4.69) is 0 Å². The van der Waals surface area contributed by atoms with E-state index < -0.39 is 10.1 Å². The average Bonchev–Trinajstić information content (AvgIpc) is 2.48. The Labute approximate surface area is 130 Å². The first-order valence-electron chi connectivity index (χ1n) is 5.38. The van der Waals surface area contributed by atoms with Gasteiger partial charge >= 0.3 is 29.6 Å². The zero-order valence-electron chi connectivity index (χ0n) is 10.7. The Morgan fingerprint density at radius 2 is 1.78 bits per heavy atom. The first-order valence-corrected chi connectivity index (χ1v) is 6.79. The quantitative estimate of drug-likeness (QED) is 0.563. The molecule has 2 aliphatic rings. The maximum atomic E-state index is 11.1. The molecule has 18 heavy (non-hydrogen) atoms. The number of hydrogen-bond acceptors (Lipinski definition) is 3. The average molecular weight is 272 g/mol. The van der Waals surface area contributed by atoms with Gasteiger partial charge in [-0.3, -0.25) is 0 Å². The Kier molecular flexibility index (Phi) is 4.98. The van der Waals surface area contributed by atoms with Crippen LogP contribution < -0.4 is 29.6 Å². The van der Waals surface area contributed by atoms with Gasteiger partial charge in [-0.25, -0.2) is 8.42 Å². The van der Waals surface area contributed by atoms with Crippen molar-refractivity contribution in [2.75, 3.05) is 0 Å². The molecule has 0 aromatic rings. The van der Waals surface area contributed by atoms with Gasteiger partial charge in [0.2, 0.25) is 0 Å². The molecule has 0 amide bonds. The summed E-state index contributed by atoms with van der Waals surface area (Å²) < 4.78 is 33.4. The SMILES string of the molecule is CC(C)c1cccc2ccc(S(=O)(=O)[O-])c-2c1.[Na+]. The maximum Gasteiger partial charge on any atom is 1.00 e. The van der Waals surface area contributed by atoms with Gasteiger partial charge in [-0.05, 0) is 34.7 Å². The third-order valence-corrected chi connectivity index (χ3v) is 3.70. The zero-order valence-corrected chi connectivity index (χ0v) is 13.5. The summed E-state index contributed by atoms with van der Waals surface area (Å²) in [6, 6.07) is 10.4. The Morgan fingerprint density at radius 3 is 2.33 bits per heavy atom. The molecule has 0 N–H and O–H groups in total. The van der Waals surface area contributed by atoms with Gasteiger partial charge in [0.05, 0.1) is 4.90 Å². The Morgan fingerprint density at radius 1 is 1.11 bits per heavy atom. The van der Waals surface area contributed by atoms with Crippen molar-refractivity contribution < 1.29 is 42.5 Å². The van der Waals surface area contributed by atoms with E-state index in [1.807, 2.05) is 32.0 Å². The second kappa shape index (κ2) is 5.72. The van der Waals surface area contributed by atoms with E-state index in [4.69, 9.17) is 0 Å². The summed E-state index contributed by atoms with van der Waals surface area (Å²) in [4.78, 5) is -0.134. The Balaban J connectivity index is 0.00000162. The molecule has 0 radical (unpaired) electrons. The summed E-state index contributed by atoms with van der Waals surface area (Å²) in [6.07, 6.45) is 0. The second-order valence-electron chi connectivity index (χ2n) is 4.35. The molecule has 2 aliphatic carbocycles. The molecule has 2 rings (SSSR count). The zero-order chi connectivity index (χ0) is 12.6. The van der Waals surface area contributed by atoms with Crippen molar-refractivity contribution in [3.8, 4) is 11.1 Å². The van der Waals surface area contributed by atoms with Crippen molar-refractivity contribution in [2.45, 2.75) is 24.7 Å². The van der Waals surface area contributed by atoms with Crippen LogP contribution in [0.1, 0.15) is 25.3 Å². The molecular weight excluding hydrogens is 259 g/mol. The third kappa shape index (κ3) is 3.13. The minimum Gasteiger partial charge on any atom is -0.744 e. The van der Waals surface area contributed by atoms with E-state index in [1.54, 1.807) is 12.1 Å². The minimum atomic E-state index is -4.41. The molecule has 0 fully saturated rings. The number of hydrogen-bond donors (Lipinski definition) is 0. The van der Waals surface area contributed by atoms with Gasteiger partial charge in [0, 0.05) is 0 Å². The van der Waals surface area contributed by atoms with E-state index in [9.17, 15) is 13.0 Å². The molecule has 0 saturated carbocycles. The van der Waals surface area contributed by atoms with Crippen LogP contribution in [0.5, 0.6) is 0 Å². The van der Waals surface area contributed by atoms with E-state index in [0.29, 0.717) is 5.56 Å². The normalized spacial score (nSPS) is 11.6. The fourth-order valence-corrected chi connectivity index (χ4v) is 2.52. The summed E-state index contributed by atoms with van der Waals surface area (Å²) in [6.45, 7) is 4.05. The van der Waals surface area contributed by atoms with Gasteiger partial charge < -0.3 is 4.55 Å². The van der Waals surface area contributed by atoms with E-state index in [0.717, 1.165) is 11.1 Å². The third-order valence-electron chi connectivity index (χ3n) is 2.80. The van der Waals surface area contributed by atoms with Gasteiger partial charge in [-0.1, -0.05) is 38.1 Å². The van der Waals surface area contributed by atoms with Crippen molar-refractivity contribution >= 4 is 10.1 Å². The van der Waals surface area contributed by atoms with Crippen LogP contribution in [-0.4, -0.2) is 13.0 Å². The molecule has 0 saturated heterocycles. The summed E-state index contributed by atoms with van der Waals surface area (Å²) >= 11 is 0. The van der Waals surface area contributed by atoms with Gasteiger partial charge in [0.1, 0.15) is 10.1 Å². The monoisotopic (exact) mass is 272 g/mol. The fourth-order valence-electron chi connectivity index (χ4n) is 1.84. The fraction of sp³-hybridized carbons (Fsp3) is 0.231.